The minimum Gasteiger partial charge on any atom is -0.370 e. The Kier molecular flexibility index (Phi) is 6.32. The van der Waals surface area contributed by atoms with Crippen LogP contribution in [-0.4, -0.2) is 54.2 Å². The van der Waals surface area contributed by atoms with Crippen molar-refractivity contribution in [1.82, 2.24) is 4.31 Å². The predicted octanol–water partition coefficient (Wildman–Crippen LogP) is 3.36. The highest BCUT2D eigenvalue weighted by Gasteiger charge is 2.41. The van der Waals surface area contributed by atoms with Crippen molar-refractivity contribution in [2.45, 2.75) is 41.0 Å². The Hall–Kier alpha value is -2.24. The highest BCUT2D eigenvalue weighted by atomic mass is 32.2. The summed E-state index contributed by atoms with van der Waals surface area (Å²) in [4.78, 5) is 1.53. The van der Waals surface area contributed by atoms with E-state index in [0.29, 0.717) is 12.1 Å². The first-order chi connectivity index (χ1) is 14.3. The number of benzene rings is 2. The minimum absolute atomic E-state index is 0.0289. The molecule has 0 aromatic heterocycles. The van der Waals surface area contributed by atoms with Crippen molar-refractivity contribution in [3.63, 3.8) is 0 Å². The third-order valence-corrected chi connectivity index (χ3v) is 8.58. The fourth-order valence-corrected chi connectivity index (χ4v) is 5.50. The number of halogens is 2. The fourth-order valence-electron chi connectivity index (χ4n) is 3.53. The summed E-state index contributed by atoms with van der Waals surface area (Å²) >= 11 is 0. The lowest BCUT2D eigenvalue weighted by atomic mass is 10.1. The number of rotatable bonds is 7. The summed E-state index contributed by atoms with van der Waals surface area (Å²) in [6, 6.07) is 11.0. The molecule has 0 aliphatic heterocycles. The standard InChI is InChI=1S/C20H25F2N3O4S2/c1-24(2)31(28,29)17-10-8-16(9-11-17)30(26,27)23-18-6-4-5-7-19(18)25(3)15-12-13-20(21,22)14-15/h4-11,15,23H,12-14H2,1-3H3. The lowest BCUT2D eigenvalue weighted by Gasteiger charge is -2.28. The maximum Gasteiger partial charge on any atom is 0.261 e. The molecule has 11 heteroatoms. The van der Waals surface area contributed by atoms with Gasteiger partial charge in [-0.15, -0.1) is 0 Å². The number of hydrogen-bond acceptors (Lipinski definition) is 5. The minimum atomic E-state index is -4.03. The molecule has 31 heavy (non-hydrogen) atoms. The van der Waals surface area contributed by atoms with Crippen LogP contribution < -0.4 is 9.62 Å². The molecule has 0 spiro atoms. The smallest absolute Gasteiger partial charge is 0.261 e. The van der Waals surface area contributed by atoms with Gasteiger partial charge in [0.1, 0.15) is 0 Å². The average molecular weight is 474 g/mol. The number of sulfonamides is 2. The van der Waals surface area contributed by atoms with Crippen LogP contribution in [0.4, 0.5) is 20.2 Å². The van der Waals surface area contributed by atoms with Gasteiger partial charge in [-0.25, -0.2) is 29.9 Å². The largest absolute Gasteiger partial charge is 0.370 e. The normalized spacial score (nSPS) is 18.8. The first-order valence-electron chi connectivity index (χ1n) is 9.59. The van der Waals surface area contributed by atoms with Gasteiger partial charge in [0, 0.05) is 40.0 Å². The van der Waals surface area contributed by atoms with Crippen LogP contribution in [0, 0.1) is 0 Å². The van der Waals surface area contributed by atoms with Crippen molar-refractivity contribution in [3.05, 3.63) is 48.5 Å². The quantitative estimate of drug-likeness (QED) is 0.666. The van der Waals surface area contributed by atoms with Gasteiger partial charge in [-0.05, 0) is 42.8 Å². The first kappa shape index (κ1) is 23.4. The Morgan fingerprint density at radius 1 is 0.935 bits per heavy atom. The third-order valence-electron chi connectivity index (χ3n) is 5.37. The van der Waals surface area contributed by atoms with Crippen molar-refractivity contribution in [3.8, 4) is 0 Å². The zero-order chi connectivity index (χ0) is 23.0. The average Bonchev–Trinajstić information content (AvgIpc) is 3.07. The molecule has 1 aliphatic rings. The molecule has 0 radical (unpaired) electrons. The summed E-state index contributed by atoms with van der Waals surface area (Å²) < 4.78 is 80.9. The third kappa shape index (κ3) is 4.99. The second-order valence-corrected chi connectivity index (χ2v) is 11.6. The van der Waals surface area contributed by atoms with Crippen molar-refractivity contribution >= 4 is 31.4 Å². The van der Waals surface area contributed by atoms with E-state index in [9.17, 15) is 25.6 Å². The number of anilines is 2. The molecule has 7 nitrogen and oxygen atoms in total. The Morgan fingerprint density at radius 3 is 2.06 bits per heavy atom. The topological polar surface area (TPSA) is 86.8 Å². The molecule has 1 unspecified atom stereocenters. The molecule has 0 bridgehead atoms. The number of alkyl halides is 2. The molecule has 3 rings (SSSR count). The molecule has 2 aromatic carbocycles. The number of para-hydroxylation sites is 2. The molecule has 0 heterocycles. The van der Waals surface area contributed by atoms with Crippen LogP contribution in [0.15, 0.2) is 58.3 Å². The zero-order valence-corrected chi connectivity index (χ0v) is 19.1. The first-order valence-corrected chi connectivity index (χ1v) is 12.5. The van der Waals surface area contributed by atoms with Crippen LogP contribution in [-0.2, 0) is 20.0 Å². The molecule has 1 N–H and O–H groups in total. The lowest BCUT2D eigenvalue weighted by molar-refractivity contribution is 0.00787. The van der Waals surface area contributed by atoms with Crippen molar-refractivity contribution in [2.24, 2.45) is 0 Å². The van der Waals surface area contributed by atoms with Gasteiger partial charge in [-0.2, -0.15) is 0 Å². The van der Waals surface area contributed by atoms with Crippen molar-refractivity contribution < 1.29 is 25.6 Å². The summed E-state index contributed by atoms with van der Waals surface area (Å²) in [6.45, 7) is 0. The van der Waals surface area contributed by atoms with Gasteiger partial charge in [0.2, 0.25) is 15.9 Å². The Bertz CT molecular complexity index is 1150. The summed E-state index contributed by atoms with van der Waals surface area (Å²) in [5.41, 5.74) is 0.741. The van der Waals surface area contributed by atoms with E-state index in [1.165, 1.54) is 38.4 Å². The molecule has 1 fully saturated rings. The van der Waals surface area contributed by atoms with Crippen LogP contribution in [0.3, 0.4) is 0 Å². The molecule has 1 saturated carbocycles. The lowest BCUT2D eigenvalue weighted by Crippen LogP contribution is -2.31. The van der Waals surface area contributed by atoms with E-state index in [1.807, 2.05) is 0 Å². The molecule has 0 saturated heterocycles. The van der Waals surface area contributed by atoms with Gasteiger partial charge in [-0.1, -0.05) is 12.1 Å². The number of nitrogens with one attached hydrogen (secondary N) is 1. The maximum atomic E-state index is 13.6. The molecule has 2 aromatic rings. The Labute approximate surface area is 181 Å². The highest BCUT2D eigenvalue weighted by Crippen LogP contribution is 2.40. The molecule has 1 atom stereocenters. The number of hydrogen-bond donors (Lipinski definition) is 1. The molecule has 170 valence electrons. The SMILES string of the molecule is CN(c1ccccc1NS(=O)(=O)c1ccc(S(=O)(=O)N(C)C)cc1)C1CCC(F)(F)C1. The van der Waals surface area contributed by atoms with Gasteiger partial charge >= 0.3 is 0 Å². The van der Waals surface area contributed by atoms with Crippen molar-refractivity contribution in [2.75, 3.05) is 30.8 Å². The van der Waals surface area contributed by atoms with E-state index in [0.717, 1.165) is 4.31 Å². The van der Waals surface area contributed by atoms with Crippen LogP contribution >= 0.6 is 0 Å². The molecular weight excluding hydrogens is 448 g/mol. The van der Waals surface area contributed by atoms with Crippen LogP contribution in [0.25, 0.3) is 0 Å². The molecule has 0 amide bonds. The van der Waals surface area contributed by atoms with E-state index < -0.39 is 32.0 Å². The highest BCUT2D eigenvalue weighted by molar-refractivity contribution is 7.92. The number of nitrogens with zero attached hydrogens (tertiary/aromatic N) is 2. The monoisotopic (exact) mass is 473 g/mol. The van der Waals surface area contributed by atoms with E-state index in [1.54, 1.807) is 36.2 Å². The van der Waals surface area contributed by atoms with E-state index in [4.69, 9.17) is 0 Å². The Balaban J connectivity index is 1.86. The molecular formula is C20H25F2N3O4S2. The predicted molar refractivity (Wildman–Crippen MR) is 116 cm³/mol. The van der Waals surface area contributed by atoms with Crippen LogP contribution in [0.5, 0.6) is 0 Å². The van der Waals surface area contributed by atoms with Gasteiger partial charge in [0.05, 0.1) is 21.2 Å². The van der Waals surface area contributed by atoms with Crippen LogP contribution in [0.2, 0.25) is 0 Å². The van der Waals surface area contributed by atoms with E-state index in [-0.39, 0.29) is 28.3 Å². The zero-order valence-electron chi connectivity index (χ0n) is 17.4. The summed E-state index contributed by atoms with van der Waals surface area (Å²) in [7, 11) is -3.28. The molecule has 1 aliphatic carbocycles. The summed E-state index contributed by atoms with van der Waals surface area (Å²) in [6.07, 6.45) is -0.170. The van der Waals surface area contributed by atoms with E-state index in [2.05, 4.69) is 4.72 Å². The van der Waals surface area contributed by atoms with Gasteiger partial charge < -0.3 is 4.90 Å². The van der Waals surface area contributed by atoms with Gasteiger partial charge in [0.25, 0.3) is 10.0 Å². The fraction of sp³-hybridized carbons (Fsp3) is 0.400. The second kappa shape index (κ2) is 8.36. The van der Waals surface area contributed by atoms with Crippen LogP contribution in [0.1, 0.15) is 19.3 Å². The van der Waals surface area contributed by atoms with Gasteiger partial charge in [0.15, 0.2) is 0 Å². The second-order valence-electron chi connectivity index (χ2n) is 7.74. The van der Waals surface area contributed by atoms with E-state index >= 15 is 0 Å². The maximum absolute atomic E-state index is 13.6. The summed E-state index contributed by atoms with van der Waals surface area (Å²) in [5, 5.41) is 0. The summed E-state index contributed by atoms with van der Waals surface area (Å²) in [5.74, 6) is -2.72. The Morgan fingerprint density at radius 2 is 1.52 bits per heavy atom. The van der Waals surface area contributed by atoms with Crippen molar-refractivity contribution in [1.29, 1.82) is 0 Å². The van der Waals surface area contributed by atoms with Gasteiger partial charge in [-0.3, -0.25) is 4.72 Å².